The van der Waals surface area contributed by atoms with E-state index in [0.717, 1.165) is 32.4 Å². The monoisotopic (exact) mass is 360 g/mol. The molecule has 0 bridgehead atoms. The molecule has 1 fully saturated rings. The van der Waals surface area contributed by atoms with E-state index in [4.69, 9.17) is 5.73 Å². The van der Waals surface area contributed by atoms with E-state index in [0.29, 0.717) is 10.6 Å². The molecule has 2 aromatic heterocycles. The molecule has 1 saturated heterocycles. The lowest BCUT2D eigenvalue weighted by Crippen LogP contribution is -2.45. The van der Waals surface area contributed by atoms with Crippen molar-refractivity contribution in [2.45, 2.75) is 25.3 Å². The first kappa shape index (κ1) is 14.0. The quantitative estimate of drug-likeness (QED) is 0.835. The van der Waals surface area contributed by atoms with Gasteiger partial charge in [0.15, 0.2) is 0 Å². The van der Waals surface area contributed by atoms with Gasteiger partial charge < -0.3 is 10.6 Å². The average molecular weight is 361 g/mol. The van der Waals surface area contributed by atoms with Crippen LogP contribution in [-0.2, 0) is 6.42 Å². The summed E-state index contributed by atoms with van der Waals surface area (Å²) in [6.45, 7) is 1.82. The summed E-state index contributed by atoms with van der Waals surface area (Å²) in [5, 5.41) is 8.17. The number of nitrogens with two attached hydrogens (primary N) is 1. The highest BCUT2D eigenvalue weighted by Crippen LogP contribution is 2.50. The molecule has 4 rings (SSSR count). The van der Waals surface area contributed by atoms with Gasteiger partial charge in [0.1, 0.15) is 4.60 Å². The van der Waals surface area contributed by atoms with Crippen molar-refractivity contribution in [3.8, 4) is 0 Å². The van der Waals surface area contributed by atoms with Crippen LogP contribution < -0.4 is 10.6 Å². The molecule has 2 aliphatic rings. The highest BCUT2D eigenvalue weighted by Gasteiger charge is 2.46. The maximum Gasteiger partial charge on any atom is 0.245 e. The summed E-state index contributed by atoms with van der Waals surface area (Å²) in [6.07, 6.45) is 6.60. The van der Waals surface area contributed by atoms with Crippen molar-refractivity contribution >= 4 is 21.9 Å². The van der Waals surface area contributed by atoms with E-state index in [2.05, 4.69) is 47.1 Å². The SMILES string of the molecule is N[C@@H]1c2cccnc2CC12CCN(c1ncc(Br)nn1)CC2. The molecule has 0 saturated carbocycles. The summed E-state index contributed by atoms with van der Waals surface area (Å²) < 4.78 is 0.657. The summed E-state index contributed by atoms with van der Waals surface area (Å²) in [6, 6.07) is 4.19. The molecule has 2 aromatic rings. The van der Waals surface area contributed by atoms with Gasteiger partial charge in [-0.15, -0.1) is 10.2 Å². The Morgan fingerprint density at radius 3 is 2.73 bits per heavy atom. The normalized spacial score (nSPS) is 22.8. The number of piperidine rings is 1. The molecule has 0 aromatic carbocycles. The van der Waals surface area contributed by atoms with Crippen LogP contribution in [0.4, 0.5) is 5.95 Å². The lowest BCUT2D eigenvalue weighted by Gasteiger charge is -2.41. The number of halogens is 1. The number of hydrogen-bond donors (Lipinski definition) is 1. The van der Waals surface area contributed by atoms with Crippen molar-refractivity contribution in [3.05, 3.63) is 40.4 Å². The topological polar surface area (TPSA) is 80.8 Å². The Morgan fingerprint density at radius 1 is 1.23 bits per heavy atom. The number of fused-ring (bicyclic) bond motifs is 1. The second-order valence-electron chi connectivity index (χ2n) is 6.12. The standard InChI is InChI=1S/C15H17BrN6/c16-12-9-19-14(21-20-12)22-6-3-15(4-7-22)8-11-10(13(15)17)2-1-5-18-11/h1-2,5,9,13H,3-4,6-8,17H2/t13-/m1/s1. The number of rotatable bonds is 1. The minimum Gasteiger partial charge on any atom is -0.339 e. The number of pyridine rings is 1. The van der Waals surface area contributed by atoms with Crippen LogP contribution in [0.2, 0.25) is 0 Å². The van der Waals surface area contributed by atoms with Gasteiger partial charge in [-0.25, -0.2) is 4.98 Å². The molecule has 0 amide bonds. The Hall–Kier alpha value is -1.60. The third-order valence-corrected chi connectivity index (χ3v) is 5.37. The smallest absolute Gasteiger partial charge is 0.245 e. The molecule has 3 heterocycles. The summed E-state index contributed by atoms with van der Waals surface area (Å²) in [5.41, 5.74) is 9.08. The van der Waals surface area contributed by atoms with E-state index in [1.807, 2.05) is 12.3 Å². The van der Waals surface area contributed by atoms with Crippen molar-refractivity contribution < 1.29 is 0 Å². The van der Waals surface area contributed by atoms with Crippen molar-refractivity contribution in [3.63, 3.8) is 0 Å². The van der Waals surface area contributed by atoms with Crippen LogP contribution in [0.25, 0.3) is 0 Å². The lowest BCUT2D eigenvalue weighted by atomic mass is 9.73. The van der Waals surface area contributed by atoms with E-state index in [1.54, 1.807) is 6.20 Å². The molecule has 2 N–H and O–H groups in total. The number of nitrogens with zero attached hydrogens (tertiary/aromatic N) is 5. The summed E-state index contributed by atoms with van der Waals surface area (Å²) in [7, 11) is 0. The Balaban J connectivity index is 1.52. The van der Waals surface area contributed by atoms with E-state index >= 15 is 0 Å². The van der Waals surface area contributed by atoms with E-state index in [9.17, 15) is 0 Å². The average Bonchev–Trinajstić information content (AvgIpc) is 2.82. The van der Waals surface area contributed by atoms with Gasteiger partial charge in [0, 0.05) is 31.0 Å². The third kappa shape index (κ3) is 2.19. The highest BCUT2D eigenvalue weighted by atomic mass is 79.9. The van der Waals surface area contributed by atoms with E-state index in [1.165, 1.54) is 11.3 Å². The highest BCUT2D eigenvalue weighted by molar-refractivity contribution is 9.10. The van der Waals surface area contributed by atoms with Gasteiger partial charge >= 0.3 is 0 Å². The van der Waals surface area contributed by atoms with Crippen LogP contribution in [-0.4, -0.2) is 33.3 Å². The fourth-order valence-corrected chi connectivity index (χ4v) is 3.88. The zero-order valence-corrected chi connectivity index (χ0v) is 13.7. The number of aromatic nitrogens is 4. The third-order valence-electron chi connectivity index (χ3n) is 5.00. The molecule has 1 aliphatic carbocycles. The van der Waals surface area contributed by atoms with Gasteiger partial charge in [-0.1, -0.05) is 6.07 Å². The molecule has 0 unspecified atom stereocenters. The van der Waals surface area contributed by atoms with Crippen molar-refractivity contribution in [1.82, 2.24) is 20.2 Å². The molecule has 114 valence electrons. The zero-order chi connectivity index (χ0) is 15.2. The predicted molar refractivity (Wildman–Crippen MR) is 86.3 cm³/mol. The predicted octanol–water partition coefficient (Wildman–Crippen LogP) is 1.87. The van der Waals surface area contributed by atoms with Crippen LogP contribution in [0.5, 0.6) is 0 Å². The van der Waals surface area contributed by atoms with Crippen LogP contribution in [0.3, 0.4) is 0 Å². The largest absolute Gasteiger partial charge is 0.339 e. The van der Waals surface area contributed by atoms with Gasteiger partial charge in [-0.05, 0) is 52.2 Å². The van der Waals surface area contributed by atoms with Crippen LogP contribution in [0, 0.1) is 5.41 Å². The minimum atomic E-state index is 0.0855. The van der Waals surface area contributed by atoms with Gasteiger partial charge in [0.05, 0.1) is 6.20 Å². The van der Waals surface area contributed by atoms with Crippen LogP contribution in [0.15, 0.2) is 29.1 Å². The molecular weight excluding hydrogens is 344 g/mol. The Kier molecular flexibility index (Phi) is 3.34. The minimum absolute atomic E-state index is 0.0855. The van der Waals surface area contributed by atoms with Gasteiger partial charge in [0.2, 0.25) is 5.95 Å². The number of anilines is 1. The molecule has 0 radical (unpaired) electrons. The fourth-order valence-electron chi connectivity index (χ4n) is 3.69. The fraction of sp³-hybridized carbons (Fsp3) is 0.467. The Bertz CT molecular complexity index is 681. The molecule has 1 spiro atoms. The molecule has 1 aliphatic heterocycles. The molecular formula is C15H17BrN6. The summed E-state index contributed by atoms with van der Waals surface area (Å²) >= 11 is 3.26. The van der Waals surface area contributed by atoms with Crippen molar-refractivity contribution in [2.24, 2.45) is 11.1 Å². The van der Waals surface area contributed by atoms with Crippen molar-refractivity contribution in [1.29, 1.82) is 0 Å². The Labute approximate surface area is 137 Å². The lowest BCUT2D eigenvalue weighted by molar-refractivity contribution is 0.186. The first-order chi connectivity index (χ1) is 10.7. The molecule has 22 heavy (non-hydrogen) atoms. The van der Waals surface area contributed by atoms with Crippen LogP contribution in [0.1, 0.15) is 30.1 Å². The molecule has 1 atom stereocenters. The van der Waals surface area contributed by atoms with Gasteiger partial charge in [0.25, 0.3) is 0 Å². The van der Waals surface area contributed by atoms with E-state index in [-0.39, 0.29) is 11.5 Å². The second-order valence-corrected chi connectivity index (χ2v) is 6.94. The summed E-state index contributed by atoms with van der Waals surface area (Å²) in [4.78, 5) is 11.0. The maximum absolute atomic E-state index is 6.55. The van der Waals surface area contributed by atoms with Gasteiger partial charge in [-0.3, -0.25) is 4.98 Å². The molecule has 6 nitrogen and oxygen atoms in total. The zero-order valence-electron chi connectivity index (χ0n) is 12.1. The first-order valence-electron chi connectivity index (χ1n) is 7.47. The first-order valence-corrected chi connectivity index (χ1v) is 8.27. The summed E-state index contributed by atoms with van der Waals surface area (Å²) in [5.74, 6) is 0.695. The van der Waals surface area contributed by atoms with E-state index < -0.39 is 0 Å². The van der Waals surface area contributed by atoms with Crippen LogP contribution >= 0.6 is 15.9 Å². The molecule has 7 heteroatoms. The maximum atomic E-state index is 6.55. The van der Waals surface area contributed by atoms with Gasteiger partial charge in [-0.2, -0.15) is 0 Å². The second kappa shape index (κ2) is 5.24. The Morgan fingerprint density at radius 2 is 2.05 bits per heavy atom. The van der Waals surface area contributed by atoms with Crippen molar-refractivity contribution in [2.75, 3.05) is 18.0 Å². The number of hydrogen-bond acceptors (Lipinski definition) is 6.